The van der Waals surface area contributed by atoms with Gasteiger partial charge in [-0.2, -0.15) is 0 Å². The molecule has 1 amide bonds. The van der Waals surface area contributed by atoms with E-state index in [1.807, 2.05) is 0 Å². The number of fused-ring (bicyclic) bond motifs is 1. The zero-order valence-corrected chi connectivity index (χ0v) is 14.2. The van der Waals surface area contributed by atoms with Crippen molar-refractivity contribution < 1.29 is 14.3 Å². The first-order chi connectivity index (χ1) is 11.4. The van der Waals surface area contributed by atoms with Crippen molar-refractivity contribution >= 4 is 56.6 Å². The third kappa shape index (κ3) is 3.69. The minimum atomic E-state index is -0.563. The van der Waals surface area contributed by atoms with E-state index in [2.05, 4.69) is 15.3 Å². The number of nitrogens with one attached hydrogen (secondary N) is 2. The van der Waals surface area contributed by atoms with Crippen LogP contribution < -0.4 is 10.9 Å². The number of thiazole rings is 1. The van der Waals surface area contributed by atoms with E-state index in [1.54, 1.807) is 0 Å². The Bertz CT molecular complexity index is 989. The molecule has 3 rings (SSSR count). The molecular weight excluding hydrogens is 377 g/mol. The summed E-state index contributed by atoms with van der Waals surface area (Å²) in [6.45, 7) is 0. The largest absolute Gasteiger partial charge is 0.506 e. The predicted molar refractivity (Wildman–Crippen MR) is 92.7 cm³/mol. The highest BCUT2D eigenvalue weighted by atomic mass is 35.5. The van der Waals surface area contributed by atoms with Gasteiger partial charge in [0.25, 0.3) is 5.56 Å². The Labute approximate surface area is 147 Å². The number of anilines is 1. The van der Waals surface area contributed by atoms with E-state index >= 15 is 0 Å². The number of rotatable bonds is 4. The molecule has 1 aromatic carbocycles. The SMILES string of the molecule is O=C(CSc1nc2[nH]c(=O)cc(O)c2s1)Nc1ccc(F)c(Cl)c1. The van der Waals surface area contributed by atoms with Crippen LogP contribution in [0.25, 0.3) is 10.3 Å². The third-order valence-electron chi connectivity index (χ3n) is 2.88. The lowest BCUT2D eigenvalue weighted by Gasteiger charge is -2.04. The molecule has 0 bridgehead atoms. The fourth-order valence-electron chi connectivity index (χ4n) is 1.86. The van der Waals surface area contributed by atoms with Crippen LogP contribution in [0.2, 0.25) is 5.02 Å². The van der Waals surface area contributed by atoms with Gasteiger partial charge in [0.15, 0.2) is 9.99 Å². The fourth-order valence-corrected chi connectivity index (χ4v) is 3.86. The zero-order valence-electron chi connectivity index (χ0n) is 11.8. The van der Waals surface area contributed by atoms with Crippen molar-refractivity contribution in [1.29, 1.82) is 0 Å². The van der Waals surface area contributed by atoms with Crippen molar-refractivity contribution in [3.8, 4) is 5.75 Å². The molecule has 3 aromatic rings. The number of aromatic hydroxyl groups is 1. The number of carbonyl (C=O) groups excluding carboxylic acids is 1. The van der Waals surface area contributed by atoms with Gasteiger partial charge in [0.1, 0.15) is 16.3 Å². The van der Waals surface area contributed by atoms with Crippen LogP contribution in [0.3, 0.4) is 0 Å². The Kier molecular flexibility index (Phi) is 4.74. The van der Waals surface area contributed by atoms with Crippen LogP contribution in [-0.4, -0.2) is 26.7 Å². The average molecular weight is 386 g/mol. The van der Waals surface area contributed by atoms with Crippen LogP contribution in [0, 0.1) is 5.82 Å². The fraction of sp³-hybridized carbons (Fsp3) is 0.0714. The summed E-state index contributed by atoms with van der Waals surface area (Å²) in [5.74, 6) is -0.977. The highest BCUT2D eigenvalue weighted by molar-refractivity contribution is 8.01. The maximum absolute atomic E-state index is 13.1. The molecule has 24 heavy (non-hydrogen) atoms. The smallest absolute Gasteiger partial charge is 0.253 e. The highest BCUT2D eigenvalue weighted by Crippen LogP contribution is 2.32. The molecule has 0 radical (unpaired) electrons. The van der Waals surface area contributed by atoms with E-state index < -0.39 is 11.4 Å². The predicted octanol–water partition coefficient (Wildman–Crippen LogP) is 3.21. The lowest BCUT2D eigenvalue weighted by atomic mass is 10.3. The second kappa shape index (κ2) is 6.80. The number of halogens is 2. The van der Waals surface area contributed by atoms with Gasteiger partial charge in [0.05, 0.1) is 10.8 Å². The minimum absolute atomic E-state index is 0.0554. The van der Waals surface area contributed by atoms with Crippen LogP contribution in [0.15, 0.2) is 33.4 Å². The molecule has 6 nitrogen and oxygen atoms in total. The maximum atomic E-state index is 13.1. The Morgan fingerprint density at radius 1 is 1.46 bits per heavy atom. The van der Waals surface area contributed by atoms with Crippen molar-refractivity contribution in [2.45, 2.75) is 4.34 Å². The quantitative estimate of drug-likeness (QED) is 0.599. The van der Waals surface area contributed by atoms with Crippen molar-refractivity contribution in [2.75, 3.05) is 11.1 Å². The number of carbonyl (C=O) groups is 1. The summed E-state index contributed by atoms with van der Waals surface area (Å²) in [4.78, 5) is 29.9. The molecule has 0 unspecified atom stereocenters. The van der Waals surface area contributed by atoms with Gasteiger partial charge in [-0.3, -0.25) is 9.59 Å². The van der Waals surface area contributed by atoms with E-state index in [0.29, 0.717) is 14.7 Å². The second-order valence-electron chi connectivity index (χ2n) is 4.64. The van der Waals surface area contributed by atoms with Gasteiger partial charge >= 0.3 is 0 Å². The summed E-state index contributed by atoms with van der Waals surface area (Å²) >= 11 is 7.97. The standard InChI is InChI=1S/C14H9ClFN3O3S2/c15-7-3-6(1-2-8(7)16)17-11(22)5-23-14-19-13-12(24-14)9(20)4-10(21)18-13/h1-4H,5H2,(H,17,22)(H2,18,20,21). The van der Waals surface area contributed by atoms with Crippen molar-refractivity contribution in [3.05, 3.63) is 45.5 Å². The van der Waals surface area contributed by atoms with Gasteiger partial charge in [0, 0.05) is 11.8 Å². The van der Waals surface area contributed by atoms with E-state index in [-0.39, 0.29) is 28.1 Å². The van der Waals surface area contributed by atoms with Crippen LogP contribution in [0.4, 0.5) is 10.1 Å². The molecule has 0 aliphatic carbocycles. The number of benzene rings is 1. The van der Waals surface area contributed by atoms with E-state index in [9.17, 15) is 19.1 Å². The van der Waals surface area contributed by atoms with E-state index in [1.165, 1.54) is 23.5 Å². The lowest BCUT2D eigenvalue weighted by molar-refractivity contribution is -0.113. The molecule has 0 atom stereocenters. The molecule has 2 heterocycles. The summed E-state index contributed by atoms with van der Waals surface area (Å²) in [7, 11) is 0. The summed E-state index contributed by atoms with van der Waals surface area (Å²) in [6.07, 6.45) is 0. The Morgan fingerprint density at radius 2 is 2.25 bits per heavy atom. The molecule has 0 saturated heterocycles. The Balaban J connectivity index is 1.66. The number of pyridine rings is 1. The van der Waals surface area contributed by atoms with Crippen LogP contribution >= 0.6 is 34.7 Å². The van der Waals surface area contributed by atoms with Gasteiger partial charge in [-0.15, -0.1) is 11.3 Å². The van der Waals surface area contributed by atoms with Crippen molar-refractivity contribution in [2.24, 2.45) is 0 Å². The first-order valence-corrected chi connectivity index (χ1v) is 8.71. The lowest BCUT2D eigenvalue weighted by Crippen LogP contribution is -2.13. The van der Waals surface area contributed by atoms with Gasteiger partial charge in [-0.05, 0) is 18.2 Å². The van der Waals surface area contributed by atoms with Crippen LogP contribution in [-0.2, 0) is 4.79 Å². The normalized spacial score (nSPS) is 10.9. The molecule has 0 saturated carbocycles. The number of hydrogen-bond acceptors (Lipinski definition) is 6. The number of amides is 1. The van der Waals surface area contributed by atoms with Crippen molar-refractivity contribution in [3.63, 3.8) is 0 Å². The third-order valence-corrected chi connectivity index (χ3v) is 5.39. The summed E-state index contributed by atoms with van der Waals surface area (Å²) < 4.78 is 14.0. The molecule has 3 N–H and O–H groups in total. The number of aromatic amines is 1. The Hall–Kier alpha value is -2.10. The number of H-pyrrole nitrogens is 1. The number of hydrogen-bond donors (Lipinski definition) is 3. The second-order valence-corrected chi connectivity index (χ2v) is 7.27. The monoisotopic (exact) mass is 385 g/mol. The molecule has 2 aromatic heterocycles. The minimum Gasteiger partial charge on any atom is -0.506 e. The van der Waals surface area contributed by atoms with Crippen molar-refractivity contribution in [1.82, 2.24) is 9.97 Å². The molecule has 0 spiro atoms. The summed E-state index contributed by atoms with van der Waals surface area (Å²) in [5.41, 5.74) is 0.212. The van der Waals surface area contributed by atoms with Gasteiger partial charge in [0.2, 0.25) is 5.91 Å². The molecule has 0 fully saturated rings. The average Bonchev–Trinajstić information content (AvgIpc) is 2.92. The molecule has 10 heteroatoms. The highest BCUT2D eigenvalue weighted by Gasteiger charge is 2.12. The summed E-state index contributed by atoms with van der Waals surface area (Å²) in [5, 5.41) is 12.2. The summed E-state index contributed by atoms with van der Waals surface area (Å²) in [6, 6.07) is 4.96. The maximum Gasteiger partial charge on any atom is 0.253 e. The first kappa shape index (κ1) is 16.7. The topological polar surface area (TPSA) is 95.1 Å². The molecule has 124 valence electrons. The van der Waals surface area contributed by atoms with Gasteiger partial charge < -0.3 is 15.4 Å². The van der Waals surface area contributed by atoms with E-state index in [0.717, 1.165) is 23.9 Å². The van der Waals surface area contributed by atoms with Crippen LogP contribution in [0.1, 0.15) is 0 Å². The number of aromatic nitrogens is 2. The molecule has 0 aliphatic rings. The van der Waals surface area contributed by atoms with Crippen LogP contribution in [0.5, 0.6) is 5.75 Å². The molecule has 0 aliphatic heterocycles. The molecular formula is C14H9ClFN3O3S2. The Morgan fingerprint density at radius 3 is 3.00 bits per heavy atom. The number of nitrogens with zero attached hydrogens (tertiary/aromatic N) is 1. The van der Waals surface area contributed by atoms with Gasteiger partial charge in [-0.25, -0.2) is 9.37 Å². The van der Waals surface area contributed by atoms with E-state index in [4.69, 9.17) is 11.6 Å². The number of thioether (sulfide) groups is 1. The zero-order chi connectivity index (χ0) is 17.3. The van der Waals surface area contributed by atoms with Gasteiger partial charge in [-0.1, -0.05) is 23.4 Å². The first-order valence-electron chi connectivity index (χ1n) is 6.53.